The number of carbonyl (C=O) groups is 2. The van der Waals surface area contributed by atoms with Gasteiger partial charge in [0.25, 0.3) is 0 Å². The molecular formula is C44H33F3N6O9S. The normalized spacial score (nSPS) is 20.5. The quantitative estimate of drug-likeness (QED) is 0.0934. The number of amides is 2. The van der Waals surface area contributed by atoms with E-state index in [-0.39, 0.29) is 53.1 Å². The molecule has 0 saturated heterocycles. The average Bonchev–Trinajstić information content (AvgIpc) is 4.08. The van der Waals surface area contributed by atoms with Crippen molar-refractivity contribution in [1.29, 1.82) is 0 Å². The Morgan fingerprint density at radius 3 is 2.60 bits per heavy atom. The summed E-state index contributed by atoms with van der Waals surface area (Å²) in [5.74, 6) is -0.327. The number of carbonyl (C=O) groups excluding carboxylic acids is 2. The molecule has 2 amide bonds. The van der Waals surface area contributed by atoms with Gasteiger partial charge < -0.3 is 43.4 Å². The maximum atomic E-state index is 14.3. The number of rotatable bonds is 6. The number of aromatic nitrogens is 3. The number of alkyl halides is 3. The molecule has 15 nitrogen and oxygen atoms in total. The van der Waals surface area contributed by atoms with Crippen LogP contribution in [-0.2, 0) is 38.1 Å². The molecule has 11 rings (SSSR count). The highest BCUT2D eigenvalue weighted by molar-refractivity contribution is 7.88. The molecule has 4 aromatic carbocycles. The van der Waals surface area contributed by atoms with Crippen molar-refractivity contribution in [3.63, 3.8) is 0 Å². The van der Waals surface area contributed by atoms with Crippen molar-refractivity contribution >= 4 is 38.7 Å². The predicted molar refractivity (Wildman–Crippen MR) is 218 cm³/mol. The molecule has 2 unspecified atom stereocenters. The van der Waals surface area contributed by atoms with Crippen molar-refractivity contribution in [2.45, 2.75) is 56.1 Å². The monoisotopic (exact) mass is 878 g/mol. The third-order valence-corrected chi connectivity index (χ3v) is 12.9. The van der Waals surface area contributed by atoms with E-state index in [1.165, 1.54) is 18.5 Å². The second kappa shape index (κ2) is 13.6. The summed E-state index contributed by atoms with van der Waals surface area (Å²) in [6, 6.07) is 20.9. The summed E-state index contributed by atoms with van der Waals surface area (Å²) in [5, 5.41) is 9.69. The fraction of sp³-hybridized carbons (Fsp3) is 0.227. The third-order valence-electron chi connectivity index (χ3n) is 11.9. The summed E-state index contributed by atoms with van der Waals surface area (Å²) in [6.45, 7) is 3.76. The Morgan fingerprint density at radius 2 is 1.81 bits per heavy atom. The van der Waals surface area contributed by atoms with E-state index in [9.17, 15) is 31.2 Å². The van der Waals surface area contributed by atoms with Gasteiger partial charge in [-0.3, -0.25) is 4.79 Å². The fourth-order valence-corrected chi connectivity index (χ4v) is 9.51. The zero-order valence-electron chi connectivity index (χ0n) is 33.0. The van der Waals surface area contributed by atoms with Crippen LogP contribution >= 0.6 is 0 Å². The number of oxazole rings is 2. The van der Waals surface area contributed by atoms with Crippen LogP contribution in [0.15, 0.2) is 100 Å². The number of halogens is 3. The number of H-pyrrole nitrogens is 1. The molecule has 4 N–H and O–H groups in total. The number of alkyl carbamates (subject to hydrolysis) is 1. The molecule has 0 saturated carbocycles. The zero-order chi connectivity index (χ0) is 43.6. The van der Waals surface area contributed by atoms with Crippen LogP contribution in [-0.4, -0.2) is 53.1 Å². The van der Waals surface area contributed by atoms with E-state index in [1.807, 2.05) is 74.5 Å². The summed E-state index contributed by atoms with van der Waals surface area (Å²) < 4.78 is 95.7. The average molecular weight is 879 g/mol. The van der Waals surface area contributed by atoms with Gasteiger partial charge in [-0.15, -0.1) is 0 Å². The first-order valence-corrected chi connectivity index (χ1v) is 21.2. The molecule has 4 aliphatic rings. The molecule has 63 heavy (non-hydrogen) atoms. The lowest BCUT2D eigenvalue weighted by Gasteiger charge is -2.28. The number of hydrogen-bond acceptors (Lipinski definition) is 12. The van der Waals surface area contributed by atoms with Gasteiger partial charge in [0.1, 0.15) is 29.9 Å². The van der Waals surface area contributed by atoms with Crippen LogP contribution in [0, 0.1) is 5.92 Å². The lowest BCUT2D eigenvalue weighted by molar-refractivity contribution is -0.124. The van der Waals surface area contributed by atoms with E-state index in [4.69, 9.17) is 27.5 Å². The zero-order valence-corrected chi connectivity index (χ0v) is 33.8. The molecule has 7 aromatic rings. The summed E-state index contributed by atoms with van der Waals surface area (Å²) >= 11 is 0. The lowest BCUT2D eigenvalue weighted by atomic mass is 9.72. The van der Waals surface area contributed by atoms with E-state index in [1.54, 1.807) is 6.07 Å². The highest BCUT2D eigenvalue weighted by Crippen LogP contribution is 2.61. The van der Waals surface area contributed by atoms with Gasteiger partial charge in [-0.05, 0) is 40.8 Å². The number of anilines is 1. The third kappa shape index (κ3) is 5.82. The van der Waals surface area contributed by atoms with Crippen molar-refractivity contribution in [3.8, 4) is 45.5 Å². The SMILES string of the molecule is CC(C)C1NC(=O)[C@@H](NC(=O)OCc2ccccc2)Cc2ccc3c(c2)C24c5cccc(c5N[C@H]2O3)-c2ccc(OS(=O)(=O)C(F)(F)F)c3[nH]cc(c23)-c2cnc(o2)-c2nc1oc24. The van der Waals surface area contributed by atoms with E-state index < -0.39 is 57.1 Å². The van der Waals surface area contributed by atoms with Crippen molar-refractivity contribution < 1.29 is 53.7 Å². The maximum Gasteiger partial charge on any atom is 0.534 e. The molecule has 0 fully saturated rings. The predicted octanol–water partition coefficient (Wildman–Crippen LogP) is 7.83. The van der Waals surface area contributed by atoms with Gasteiger partial charge in [-0.2, -0.15) is 21.6 Å². The Hall–Kier alpha value is -7.28. The van der Waals surface area contributed by atoms with E-state index >= 15 is 0 Å². The number of aromatic amines is 1. The Morgan fingerprint density at radius 1 is 0.984 bits per heavy atom. The Bertz CT molecular complexity index is 3160. The Labute approximate surface area is 355 Å². The van der Waals surface area contributed by atoms with Gasteiger partial charge in [0.2, 0.25) is 17.7 Å². The lowest BCUT2D eigenvalue weighted by Crippen LogP contribution is -2.49. The standard InChI is InChI=1S/C44H33F3N6O9S/c1-20(2)33-40-52-36-37(61-40)43-26-10-6-9-24(23-12-14-30(62-63(56,57)44(45,46)47)35-32(23)25(17-48-35)31-18-49-39(36)59-31)34(26)53-41(43)60-29-13-11-22(15-27(29)43)16-28(38(54)51-33)50-42(55)58-19-21-7-4-3-5-8-21/h3-15,17-18,20,28,33,41,48,53H,16,19H2,1-2H3,(H,50,55)(H,51,54)/t28-,33?,41-,43?/m0/s1. The van der Waals surface area contributed by atoms with Crippen molar-refractivity contribution in [1.82, 2.24) is 25.6 Å². The van der Waals surface area contributed by atoms with Crippen LogP contribution in [0.2, 0.25) is 0 Å². The van der Waals surface area contributed by atoms with Gasteiger partial charge in [-0.25, -0.2) is 14.8 Å². The minimum absolute atomic E-state index is 0.00488. The highest BCUT2D eigenvalue weighted by atomic mass is 32.2. The molecule has 0 radical (unpaired) electrons. The number of benzene rings is 4. The van der Waals surface area contributed by atoms with Crippen molar-refractivity contribution in [3.05, 3.63) is 125 Å². The van der Waals surface area contributed by atoms with Crippen LogP contribution in [0.25, 0.3) is 44.9 Å². The fourth-order valence-electron chi connectivity index (χ4n) is 9.04. The van der Waals surface area contributed by atoms with E-state index in [0.29, 0.717) is 50.6 Å². The topological polar surface area (TPSA) is 200 Å². The van der Waals surface area contributed by atoms with Crippen molar-refractivity contribution in [2.24, 2.45) is 5.92 Å². The molecule has 7 heterocycles. The molecule has 1 spiro atoms. The minimum atomic E-state index is -6.05. The first kappa shape index (κ1) is 38.6. The van der Waals surface area contributed by atoms with Crippen LogP contribution in [0.4, 0.5) is 23.7 Å². The first-order chi connectivity index (χ1) is 30.2. The molecule has 320 valence electrons. The van der Waals surface area contributed by atoms with Gasteiger partial charge in [0.05, 0.1) is 11.7 Å². The molecule has 19 heteroatoms. The van der Waals surface area contributed by atoms with Gasteiger partial charge in [0.15, 0.2) is 29.2 Å². The summed E-state index contributed by atoms with van der Waals surface area (Å²) in [7, 11) is -6.05. The Kier molecular flexibility index (Phi) is 8.34. The smallest absolute Gasteiger partial charge is 0.469 e. The van der Waals surface area contributed by atoms with E-state index in [0.717, 1.165) is 11.6 Å². The number of hydrogen-bond donors (Lipinski definition) is 4. The second-order valence-corrected chi connectivity index (χ2v) is 17.5. The highest BCUT2D eigenvalue weighted by Gasteiger charge is 2.62. The number of para-hydroxylation sites is 1. The largest absolute Gasteiger partial charge is 0.534 e. The van der Waals surface area contributed by atoms with Gasteiger partial charge in [-0.1, -0.05) is 74.5 Å². The van der Waals surface area contributed by atoms with Crippen LogP contribution in [0.3, 0.4) is 0 Å². The molecule has 4 atom stereocenters. The van der Waals surface area contributed by atoms with Gasteiger partial charge >= 0.3 is 21.7 Å². The second-order valence-electron chi connectivity index (χ2n) is 16.0. The van der Waals surface area contributed by atoms with Crippen LogP contribution in [0.1, 0.15) is 53.8 Å². The number of fused-ring (bicyclic) bond motifs is 7. The van der Waals surface area contributed by atoms with Crippen LogP contribution < -0.4 is 24.9 Å². The molecule has 3 aromatic heterocycles. The molecule has 0 aliphatic carbocycles. The summed E-state index contributed by atoms with van der Waals surface area (Å²) in [6.07, 6.45) is 1.26. The first-order valence-electron chi connectivity index (χ1n) is 19.8. The number of nitrogens with zero attached hydrogens (tertiary/aromatic N) is 2. The van der Waals surface area contributed by atoms with Crippen LogP contribution in [0.5, 0.6) is 11.5 Å². The van der Waals surface area contributed by atoms with E-state index in [2.05, 4.69) is 25.9 Å². The van der Waals surface area contributed by atoms with Gasteiger partial charge in [0, 0.05) is 45.9 Å². The van der Waals surface area contributed by atoms with Crippen molar-refractivity contribution in [2.75, 3.05) is 5.32 Å². The summed E-state index contributed by atoms with van der Waals surface area (Å²) in [4.78, 5) is 40.2. The minimum Gasteiger partial charge on any atom is -0.469 e. The molecule has 10 bridgehead atoms. The molecule has 4 aliphatic heterocycles. The Balaban J connectivity index is 1.12. The molecular weight excluding hydrogens is 846 g/mol. The maximum absolute atomic E-state index is 14.3. The summed E-state index contributed by atoms with van der Waals surface area (Å²) in [5.41, 5.74) is -2.15. The number of ether oxygens (including phenoxy) is 2. The number of nitrogens with one attached hydrogen (secondary N) is 4.